The van der Waals surface area contributed by atoms with Gasteiger partial charge in [-0.25, -0.2) is 4.98 Å². The third-order valence-corrected chi connectivity index (χ3v) is 2.52. The van der Waals surface area contributed by atoms with Crippen LogP contribution in [0.4, 0.5) is 0 Å². The molecule has 0 aromatic carbocycles. The Morgan fingerprint density at radius 1 is 1.41 bits per heavy atom. The number of aromatic nitrogens is 1. The summed E-state index contributed by atoms with van der Waals surface area (Å²) in [5, 5.41) is 2.78. The molecular weight excluding hydrogens is 220 g/mol. The molecule has 0 saturated carbocycles. The first-order valence-electron chi connectivity index (χ1n) is 5.32. The molecule has 94 valence electrons. The van der Waals surface area contributed by atoms with E-state index in [9.17, 15) is 4.79 Å². The molecule has 1 aromatic heterocycles. The average molecular weight is 238 g/mol. The summed E-state index contributed by atoms with van der Waals surface area (Å²) < 4.78 is 10.0. The van der Waals surface area contributed by atoms with E-state index < -0.39 is 5.60 Å². The van der Waals surface area contributed by atoms with Crippen molar-refractivity contribution in [3.63, 3.8) is 0 Å². The molecule has 1 heterocycles. The van der Waals surface area contributed by atoms with Crippen LogP contribution >= 0.6 is 0 Å². The van der Waals surface area contributed by atoms with Gasteiger partial charge in [-0.2, -0.15) is 0 Å². The minimum Gasteiger partial charge on any atom is -0.481 e. The Labute approximate surface area is 101 Å². The van der Waals surface area contributed by atoms with Crippen LogP contribution in [0.15, 0.2) is 18.3 Å². The molecule has 5 nitrogen and oxygen atoms in total. The van der Waals surface area contributed by atoms with Crippen molar-refractivity contribution < 1.29 is 14.3 Å². The number of pyridine rings is 1. The summed E-state index contributed by atoms with van der Waals surface area (Å²) in [5.74, 6) is 0.396. The maximum Gasteiger partial charge on any atom is 0.251 e. The van der Waals surface area contributed by atoms with Crippen LogP contribution in [0.1, 0.15) is 19.4 Å². The van der Waals surface area contributed by atoms with Crippen LogP contribution in [0.5, 0.6) is 5.88 Å². The Hall–Kier alpha value is -1.62. The smallest absolute Gasteiger partial charge is 0.251 e. The second-order valence-electron chi connectivity index (χ2n) is 4.11. The minimum absolute atomic E-state index is 0.157. The first kappa shape index (κ1) is 13.4. The number of nitrogens with one attached hydrogen (secondary N) is 1. The number of amides is 1. The SMILES string of the molecule is COc1ccc(CNC(=O)C(C)(C)OC)cn1. The lowest BCUT2D eigenvalue weighted by atomic mass is 10.1. The summed E-state index contributed by atoms with van der Waals surface area (Å²) >= 11 is 0. The summed E-state index contributed by atoms with van der Waals surface area (Å²) in [6.45, 7) is 3.85. The van der Waals surface area contributed by atoms with Crippen molar-refractivity contribution in [1.29, 1.82) is 0 Å². The molecule has 0 bridgehead atoms. The van der Waals surface area contributed by atoms with Crippen molar-refractivity contribution in [2.45, 2.75) is 26.0 Å². The van der Waals surface area contributed by atoms with Gasteiger partial charge in [0.1, 0.15) is 5.60 Å². The topological polar surface area (TPSA) is 60.5 Å². The van der Waals surface area contributed by atoms with E-state index in [2.05, 4.69) is 10.3 Å². The summed E-state index contributed by atoms with van der Waals surface area (Å²) in [6, 6.07) is 3.61. The fourth-order valence-corrected chi connectivity index (χ4v) is 1.12. The van der Waals surface area contributed by atoms with Gasteiger partial charge in [-0.05, 0) is 19.4 Å². The Morgan fingerprint density at radius 3 is 2.59 bits per heavy atom. The highest BCUT2D eigenvalue weighted by atomic mass is 16.5. The molecule has 1 aromatic rings. The number of carbonyl (C=O) groups is 1. The van der Waals surface area contributed by atoms with E-state index in [1.165, 1.54) is 7.11 Å². The van der Waals surface area contributed by atoms with Gasteiger partial charge in [0.15, 0.2) is 0 Å². The Bertz CT molecular complexity index is 374. The predicted molar refractivity (Wildman–Crippen MR) is 63.7 cm³/mol. The fourth-order valence-electron chi connectivity index (χ4n) is 1.12. The van der Waals surface area contributed by atoms with Crippen molar-refractivity contribution >= 4 is 5.91 Å². The molecule has 17 heavy (non-hydrogen) atoms. The highest BCUT2D eigenvalue weighted by molar-refractivity contribution is 5.84. The number of ether oxygens (including phenoxy) is 2. The van der Waals surface area contributed by atoms with Gasteiger partial charge in [0.25, 0.3) is 5.91 Å². The third kappa shape index (κ3) is 3.71. The van der Waals surface area contributed by atoms with E-state index in [-0.39, 0.29) is 5.91 Å². The zero-order valence-electron chi connectivity index (χ0n) is 10.6. The van der Waals surface area contributed by atoms with Crippen LogP contribution in [0.25, 0.3) is 0 Å². The fraction of sp³-hybridized carbons (Fsp3) is 0.500. The van der Waals surface area contributed by atoms with Gasteiger partial charge in [0.05, 0.1) is 7.11 Å². The number of methoxy groups -OCH3 is 2. The van der Waals surface area contributed by atoms with Crippen LogP contribution in [0.2, 0.25) is 0 Å². The maximum absolute atomic E-state index is 11.7. The normalized spacial score (nSPS) is 11.1. The molecule has 0 spiro atoms. The van der Waals surface area contributed by atoms with Crippen LogP contribution < -0.4 is 10.1 Å². The first-order valence-corrected chi connectivity index (χ1v) is 5.32. The lowest BCUT2D eigenvalue weighted by Gasteiger charge is -2.21. The second kappa shape index (κ2) is 5.63. The number of carbonyl (C=O) groups excluding carboxylic acids is 1. The van der Waals surface area contributed by atoms with Crippen LogP contribution in [0.3, 0.4) is 0 Å². The van der Waals surface area contributed by atoms with E-state index in [0.717, 1.165) is 5.56 Å². The average Bonchev–Trinajstić information content (AvgIpc) is 2.36. The van der Waals surface area contributed by atoms with E-state index in [1.54, 1.807) is 33.2 Å². The molecule has 0 atom stereocenters. The van der Waals surface area contributed by atoms with Gasteiger partial charge >= 0.3 is 0 Å². The van der Waals surface area contributed by atoms with Crippen molar-refractivity contribution in [3.8, 4) is 5.88 Å². The highest BCUT2D eigenvalue weighted by Crippen LogP contribution is 2.09. The molecule has 1 N–H and O–H groups in total. The summed E-state index contributed by atoms with van der Waals surface area (Å²) in [6.07, 6.45) is 1.67. The van der Waals surface area contributed by atoms with E-state index >= 15 is 0 Å². The number of hydrogen-bond acceptors (Lipinski definition) is 4. The zero-order chi connectivity index (χ0) is 12.9. The Kier molecular flexibility index (Phi) is 4.45. The summed E-state index contributed by atoms with van der Waals surface area (Å²) in [4.78, 5) is 15.8. The number of nitrogens with zero attached hydrogens (tertiary/aromatic N) is 1. The molecule has 0 unspecified atom stereocenters. The molecule has 0 aliphatic carbocycles. The zero-order valence-corrected chi connectivity index (χ0v) is 10.6. The van der Waals surface area contributed by atoms with Gasteiger partial charge in [0.2, 0.25) is 5.88 Å². The van der Waals surface area contributed by atoms with Crippen molar-refractivity contribution in [2.75, 3.05) is 14.2 Å². The van der Waals surface area contributed by atoms with Gasteiger partial charge in [-0.15, -0.1) is 0 Å². The van der Waals surface area contributed by atoms with Gasteiger partial charge in [-0.1, -0.05) is 6.07 Å². The van der Waals surface area contributed by atoms with Gasteiger partial charge < -0.3 is 14.8 Å². The molecule has 5 heteroatoms. The molecular formula is C12H18N2O3. The molecule has 0 saturated heterocycles. The van der Waals surface area contributed by atoms with Crippen molar-refractivity contribution in [2.24, 2.45) is 0 Å². The van der Waals surface area contributed by atoms with E-state index in [4.69, 9.17) is 9.47 Å². The molecule has 0 radical (unpaired) electrons. The van der Waals surface area contributed by atoms with Crippen LogP contribution in [-0.4, -0.2) is 30.7 Å². The third-order valence-electron chi connectivity index (χ3n) is 2.52. The van der Waals surface area contributed by atoms with Crippen LogP contribution in [0, 0.1) is 0 Å². The molecule has 0 fully saturated rings. The van der Waals surface area contributed by atoms with Crippen molar-refractivity contribution in [1.82, 2.24) is 10.3 Å². The predicted octanol–water partition coefficient (Wildman–Crippen LogP) is 1.13. The monoisotopic (exact) mass is 238 g/mol. The lowest BCUT2D eigenvalue weighted by molar-refractivity contribution is -0.139. The van der Waals surface area contributed by atoms with Gasteiger partial charge in [-0.3, -0.25) is 4.79 Å². The second-order valence-corrected chi connectivity index (χ2v) is 4.11. The molecule has 0 aliphatic rings. The number of hydrogen-bond donors (Lipinski definition) is 1. The van der Waals surface area contributed by atoms with Crippen molar-refractivity contribution in [3.05, 3.63) is 23.9 Å². The standard InChI is InChI=1S/C12H18N2O3/c1-12(2,17-4)11(15)14-8-9-5-6-10(16-3)13-7-9/h5-7H,8H2,1-4H3,(H,14,15). The summed E-state index contributed by atoms with van der Waals surface area (Å²) in [7, 11) is 3.07. The maximum atomic E-state index is 11.7. The minimum atomic E-state index is -0.820. The van der Waals surface area contributed by atoms with Gasteiger partial charge in [0, 0.05) is 25.9 Å². The van der Waals surface area contributed by atoms with E-state index in [1.807, 2.05) is 6.07 Å². The Morgan fingerprint density at radius 2 is 2.12 bits per heavy atom. The quantitative estimate of drug-likeness (QED) is 0.835. The summed E-state index contributed by atoms with van der Waals surface area (Å²) in [5.41, 5.74) is 0.0888. The Balaban J connectivity index is 2.53. The number of rotatable bonds is 5. The largest absolute Gasteiger partial charge is 0.481 e. The highest BCUT2D eigenvalue weighted by Gasteiger charge is 2.26. The molecule has 1 rings (SSSR count). The lowest BCUT2D eigenvalue weighted by Crippen LogP contribution is -2.43. The molecule has 0 aliphatic heterocycles. The van der Waals surface area contributed by atoms with E-state index in [0.29, 0.717) is 12.4 Å². The first-order chi connectivity index (χ1) is 7.99. The molecule has 1 amide bonds. The van der Waals surface area contributed by atoms with Crippen LogP contribution in [-0.2, 0) is 16.1 Å².